The molecule has 0 saturated carbocycles. The lowest BCUT2D eigenvalue weighted by Crippen LogP contribution is -2.58. The van der Waals surface area contributed by atoms with Gasteiger partial charge in [-0.25, -0.2) is 4.79 Å². The zero-order valence-electron chi connectivity index (χ0n) is 21.3. The first kappa shape index (κ1) is 28.9. The predicted molar refractivity (Wildman–Crippen MR) is 129 cm³/mol. The lowest BCUT2D eigenvalue weighted by molar-refractivity contribution is -0.147. The number of benzene rings is 1. The Morgan fingerprint density at radius 3 is 2.12 bits per heavy atom. The van der Waals surface area contributed by atoms with Crippen LogP contribution in [0.25, 0.3) is 0 Å². The number of aromatic hydroxyl groups is 1. The molecule has 3 N–H and O–H groups in total. The number of rotatable bonds is 12. The van der Waals surface area contributed by atoms with Crippen molar-refractivity contribution in [3.63, 3.8) is 0 Å². The van der Waals surface area contributed by atoms with E-state index in [-0.39, 0.29) is 29.9 Å². The molecule has 0 fully saturated rings. The van der Waals surface area contributed by atoms with Crippen LogP contribution in [-0.4, -0.2) is 66.0 Å². The minimum absolute atomic E-state index is 0.0827. The van der Waals surface area contributed by atoms with Gasteiger partial charge in [0, 0.05) is 20.4 Å². The molecule has 0 saturated heterocycles. The second-order valence-corrected chi connectivity index (χ2v) is 9.11. The average Bonchev–Trinajstić information content (AvgIpc) is 2.79. The maximum absolute atomic E-state index is 13.4. The van der Waals surface area contributed by atoms with Gasteiger partial charge in [0.05, 0.1) is 7.11 Å². The fourth-order valence-electron chi connectivity index (χ4n) is 3.63. The van der Waals surface area contributed by atoms with Crippen LogP contribution in [0, 0.1) is 11.8 Å². The van der Waals surface area contributed by atoms with Crippen molar-refractivity contribution in [2.75, 3.05) is 14.2 Å². The summed E-state index contributed by atoms with van der Waals surface area (Å²) in [6.45, 7) is 8.97. The number of carbonyl (C=O) groups excluding carboxylic acids is 4. The van der Waals surface area contributed by atoms with Gasteiger partial charge in [0.2, 0.25) is 17.7 Å². The number of nitrogens with one attached hydrogen (secondary N) is 2. The molecule has 1 aromatic rings. The van der Waals surface area contributed by atoms with Crippen LogP contribution in [-0.2, 0) is 30.3 Å². The van der Waals surface area contributed by atoms with E-state index in [0.29, 0.717) is 12.8 Å². The number of likely N-dealkylation sites (N-methyl/N-ethyl adjacent to an activating group) is 1. The normalized spacial score (nSPS) is 14.5. The van der Waals surface area contributed by atoms with E-state index in [9.17, 15) is 24.3 Å². The van der Waals surface area contributed by atoms with Crippen molar-refractivity contribution >= 4 is 23.7 Å². The summed E-state index contributed by atoms with van der Waals surface area (Å²) in [5.41, 5.74) is 0.718. The molecule has 0 aromatic heterocycles. The van der Waals surface area contributed by atoms with E-state index in [1.165, 1.54) is 38.1 Å². The lowest BCUT2D eigenvalue weighted by Gasteiger charge is -2.33. The first-order chi connectivity index (χ1) is 15.9. The quantitative estimate of drug-likeness (QED) is 0.396. The number of nitrogens with zero attached hydrogens (tertiary/aromatic N) is 1. The highest BCUT2D eigenvalue weighted by Crippen LogP contribution is 2.17. The van der Waals surface area contributed by atoms with E-state index in [1.54, 1.807) is 12.1 Å². The predicted octanol–water partition coefficient (Wildman–Crippen LogP) is 2.02. The minimum Gasteiger partial charge on any atom is -0.508 e. The molecule has 0 aliphatic heterocycles. The number of phenols is 1. The fraction of sp³-hybridized carbons (Fsp3) is 0.600. The van der Waals surface area contributed by atoms with Gasteiger partial charge in [-0.05, 0) is 36.0 Å². The molecule has 9 nitrogen and oxygen atoms in total. The summed E-state index contributed by atoms with van der Waals surface area (Å²) in [6, 6.07) is 3.72. The van der Waals surface area contributed by atoms with Crippen LogP contribution in [0.4, 0.5) is 0 Å². The molecule has 0 spiro atoms. The number of phenolic OH excluding ortho intramolecular Hbond substituents is 1. The minimum atomic E-state index is -0.961. The van der Waals surface area contributed by atoms with E-state index in [0.717, 1.165) is 5.56 Å². The Labute approximate surface area is 202 Å². The number of methoxy groups -OCH3 is 1. The number of carbonyl (C=O) groups is 4. The fourth-order valence-corrected chi connectivity index (χ4v) is 3.63. The van der Waals surface area contributed by atoms with Crippen LogP contribution in [0.5, 0.6) is 5.75 Å². The van der Waals surface area contributed by atoms with Gasteiger partial charge in [0.1, 0.15) is 23.9 Å². The molecule has 0 aliphatic carbocycles. The molecule has 9 heteroatoms. The summed E-state index contributed by atoms with van der Waals surface area (Å²) in [5, 5.41) is 15.0. The number of ether oxygens (including phenoxy) is 1. The zero-order valence-corrected chi connectivity index (χ0v) is 21.3. The second kappa shape index (κ2) is 13.6. The van der Waals surface area contributed by atoms with Gasteiger partial charge in [-0.2, -0.15) is 0 Å². The largest absolute Gasteiger partial charge is 0.508 e. The Balaban J connectivity index is 3.30. The van der Waals surface area contributed by atoms with Crippen LogP contribution in [0.1, 0.15) is 53.0 Å². The molecule has 0 radical (unpaired) electrons. The van der Waals surface area contributed by atoms with Crippen molar-refractivity contribution in [3.8, 4) is 5.75 Å². The third-order valence-corrected chi connectivity index (χ3v) is 5.83. The van der Waals surface area contributed by atoms with E-state index in [2.05, 4.69) is 10.6 Å². The molecular weight excluding hydrogens is 438 g/mol. The van der Waals surface area contributed by atoms with Crippen LogP contribution in [0.15, 0.2) is 24.3 Å². The zero-order chi connectivity index (χ0) is 26.0. The van der Waals surface area contributed by atoms with Crippen molar-refractivity contribution in [1.29, 1.82) is 0 Å². The van der Waals surface area contributed by atoms with Crippen molar-refractivity contribution in [1.82, 2.24) is 15.5 Å². The van der Waals surface area contributed by atoms with E-state index in [1.807, 2.05) is 27.7 Å². The summed E-state index contributed by atoms with van der Waals surface area (Å²) in [4.78, 5) is 52.2. The highest BCUT2D eigenvalue weighted by atomic mass is 16.5. The monoisotopic (exact) mass is 477 g/mol. The molecule has 1 rings (SSSR count). The van der Waals surface area contributed by atoms with Gasteiger partial charge in [-0.3, -0.25) is 14.4 Å². The summed E-state index contributed by atoms with van der Waals surface area (Å²) < 4.78 is 4.85. The Bertz CT molecular complexity index is 840. The Kier molecular flexibility index (Phi) is 11.5. The SMILES string of the molecule is CCC(C)C(NC(C)=O)C(=O)N(C)C(Cc1ccc(O)cc1)C(=O)NC(CC(C)C)C(=O)OC. The van der Waals surface area contributed by atoms with Gasteiger partial charge in [0.25, 0.3) is 0 Å². The summed E-state index contributed by atoms with van der Waals surface area (Å²) >= 11 is 0. The van der Waals surface area contributed by atoms with Crippen LogP contribution < -0.4 is 10.6 Å². The maximum atomic E-state index is 13.4. The first-order valence-corrected chi connectivity index (χ1v) is 11.6. The second-order valence-electron chi connectivity index (χ2n) is 9.11. The van der Waals surface area contributed by atoms with Gasteiger partial charge >= 0.3 is 5.97 Å². The maximum Gasteiger partial charge on any atom is 0.328 e. The van der Waals surface area contributed by atoms with Gasteiger partial charge in [0.15, 0.2) is 0 Å². The molecule has 190 valence electrons. The number of esters is 1. The third-order valence-electron chi connectivity index (χ3n) is 5.83. The van der Waals surface area contributed by atoms with Crippen LogP contribution >= 0.6 is 0 Å². The third kappa shape index (κ3) is 8.68. The molecule has 4 atom stereocenters. The van der Waals surface area contributed by atoms with E-state index in [4.69, 9.17) is 4.74 Å². The lowest BCUT2D eigenvalue weighted by atomic mass is 9.96. The van der Waals surface area contributed by atoms with Crippen LogP contribution in [0.2, 0.25) is 0 Å². The first-order valence-electron chi connectivity index (χ1n) is 11.6. The van der Waals surface area contributed by atoms with Gasteiger partial charge < -0.3 is 25.4 Å². The molecule has 1 aromatic carbocycles. The molecule has 4 unspecified atom stereocenters. The molecule has 0 heterocycles. The molecule has 34 heavy (non-hydrogen) atoms. The van der Waals surface area contributed by atoms with Gasteiger partial charge in [-0.15, -0.1) is 0 Å². The van der Waals surface area contributed by atoms with Crippen molar-refractivity contribution in [2.24, 2.45) is 11.8 Å². The number of amides is 3. The molecule has 0 bridgehead atoms. The van der Waals surface area contributed by atoms with Crippen molar-refractivity contribution < 1.29 is 29.0 Å². The Morgan fingerprint density at radius 1 is 1.06 bits per heavy atom. The van der Waals surface area contributed by atoms with Crippen LogP contribution in [0.3, 0.4) is 0 Å². The van der Waals surface area contributed by atoms with E-state index >= 15 is 0 Å². The highest BCUT2D eigenvalue weighted by Gasteiger charge is 2.35. The molecule has 3 amide bonds. The standard InChI is InChI=1S/C25H39N3O6/c1-8-16(4)22(26-17(5)29)24(32)28(6)21(14-18-9-11-19(30)12-10-18)23(31)27-20(13-15(2)3)25(33)34-7/h9-12,15-16,20-22,30H,8,13-14H2,1-7H3,(H,26,29)(H,27,31). The molecule has 0 aliphatic rings. The van der Waals surface area contributed by atoms with Crippen molar-refractivity contribution in [3.05, 3.63) is 29.8 Å². The Hall–Kier alpha value is -3.10. The Morgan fingerprint density at radius 2 is 1.65 bits per heavy atom. The number of hydrogen-bond acceptors (Lipinski definition) is 6. The van der Waals surface area contributed by atoms with E-state index < -0.39 is 35.9 Å². The van der Waals surface area contributed by atoms with Gasteiger partial charge in [-0.1, -0.05) is 46.2 Å². The average molecular weight is 478 g/mol. The number of hydrogen-bond donors (Lipinski definition) is 3. The summed E-state index contributed by atoms with van der Waals surface area (Å²) in [6.07, 6.45) is 1.18. The summed E-state index contributed by atoms with van der Waals surface area (Å²) in [7, 11) is 2.77. The van der Waals surface area contributed by atoms with Crippen molar-refractivity contribution in [2.45, 2.75) is 72.0 Å². The topological polar surface area (TPSA) is 125 Å². The molecular formula is C25H39N3O6. The smallest absolute Gasteiger partial charge is 0.328 e. The highest BCUT2D eigenvalue weighted by molar-refractivity contribution is 5.93. The summed E-state index contributed by atoms with van der Waals surface area (Å²) in [5.74, 6) is -1.76.